The van der Waals surface area contributed by atoms with Gasteiger partial charge >= 0.3 is 0 Å². The highest BCUT2D eigenvalue weighted by Crippen LogP contribution is 2.58. The summed E-state index contributed by atoms with van der Waals surface area (Å²) in [6.07, 6.45) is 4.32. The molecule has 0 aromatic heterocycles. The fourth-order valence-electron chi connectivity index (χ4n) is 3.84. The number of fused-ring (bicyclic) bond motifs is 3. The Bertz CT molecular complexity index is 467. The third-order valence-electron chi connectivity index (χ3n) is 4.75. The molecule has 0 aromatic rings. The first-order valence-corrected chi connectivity index (χ1v) is 6.47. The molecule has 2 atom stereocenters. The van der Waals surface area contributed by atoms with Gasteiger partial charge in [0.15, 0.2) is 5.78 Å². The summed E-state index contributed by atoms with van der Waals surface area (Å²) in [4.78, 5) is 12.4. The maximum absolute atomic E-state index is 12.4. The van der Waals surface area contributed by atoms with Gasteiger partial charge in [-0.15, -0.1) is 0 Å². The van der Waals surface area contributed by atoms with Gasteiger partial charge in [-0.2, -0.15) is 0 Å². The SMILES string of the molecule is CC1=C2OCC[C@]2(C)[C@H]2CC(C)(C)C=C2C1=O. The van der Waals surface area contributed by atoms with E-state index in [1.54, 1.807) is 0 Å². The Morgan fingerprint density at radius 1 is 1.35 bits per heavy atom. The first kappa shape index (κ1) is 11.1. The number of ether oxygens (including phenoxy) is 1. The lowest BCUT2D eigenvalue weighted by molar-refractivity contribution is -0.114. The third-order valence-corrected chi connectivity index (χ3v) is 4.75. The summed E-state index contributed by atoms with van der Waals surface area (Å²) in [5.74, 6) is 1.56. The molecule has 1 saturated heterocycles. The molecule has 0 spiro atoms. The molecule has 17 heavy (non-hydrogen) atoms. The number of ketones is 1. The molecule has 0 aromatic carbocycles. The molecule has 0 amide bonds. The van der Waals surface area contributed by atoms with Crippen molar-refractivity contribution in [1.29, 1.82) is 0 Å². The van der Waals surface area contributed by atoms with E-state index in [-0.39, 0.29) is 16.6 Å². The molecule has 1 aliphatic heterocycles. The molecule has 0 unspecified atom stereocenters. The van der Waals surface area contributed by atoms with Crippen LogP contribution in [0.5, 0.6) is 0 Å². The van der Waals surface area contributed by atoms with Crippen molar-refractivity contribution in [2.75, 3.05) is 6.61 Å². The summed E-state index contributed by atoms with van der Waals surface area (Å²) >= 11 is 0. The van der Waals surface area contributed by atoms with Crippen molar-refractivity contribution >= 4 is 5.78 Å². The highest BCUT2D eigenvalue weighted by Gasteiger charge is 2.54. The van der Waals surface area contributed by atoms with Gasteiger partial charge in [-0.1, -0.05) is 26.8 Å². The average molecular weight is 232 g/mol. The van der Waals surface area contributed by atoms with Crippen LogP contribution in [-0.2, 0) is 9.53 Å². The lowest BCUT2D eigenvalue weighted by atomic mass is 9.64. The molecule has 1 fully saturated rings. The molecule has 0 saturated carbocycles. The largest absolute Gasteiger partial charge is 0.497 e. The minimum absolute atomic E-state index is 0.0671. The van der Waals surface area contributed by atoms with Crippen LogP contribution in [0.25, 0.3) is 0 Å². The van der Waals surface area contributed by atoms with Gasteiger partial charge in [0.2, 0.25) is 0 Å². The van der Waals surface area contributed by atoms with Crippen molar-refractivity contribution in [3.05, 3.63) is 23.0 Å². The maximum Gasteiger partial charge on any atom is 0.188 e. The average Bonchev–Trinajstić information content (AvgIpc) is 2.77. The van der Waals surface area contributed by atoms with Gasteiger partial charge in [0, 0.05) is 22.5 Å². The van der Waals surface area contributed by atoms with E-state index in [0.29, 0.717) is 5.92 Å². The Morgan fingerprint density at radius 3 is 2.76 bits per heavy atom. The first-order valence-electron chi connectivity index (χ1n) is 6.47. The molecule has 0 radical (unpaired) electrons. The highest BCUT2D eigenvalue weighted by atomic mass is 16.5. The number of allylic oxidation sites excluding steroid dienone is 4. The monoisotopic (exact) mass is 232 g/mol. The van der Waals surface area contributed by atoms with Crippen molar-refractivity contribution in [3.63, 3.8) is 0 Å². The van der Waals surface area contributed by atoms with Gasteiger partial charge < -0.3 is 4.74 Å². The molecule has 0 N–H and O–H groups in total. The molecule has 2 heteroatoms. The van der Waals surface area contributed by atoms with E-state index in [1.165, 1.54) is 0 Å². The molecule has 3 rings (SSSR count). The molecular weight excluding hydrogens is 212 g/mol. The second-order valence-electron chi connectivity index (χ2n) is 6.64. The van der Waals surface area contributed by atoms with E-state index in [1.807, 2.05) is 6.92 Å². The van der Waals surface area contributed by atoms with Crippen LogP contribution in [-0.4, -0.2) is 12.4 Å². The topological polar surface area (TPSA) is 26.3 Å². The van der Waals surface area contributed by atoms with Crippen LogP contribution in [0.1, 0.15) is 40.5 Å². The van der Waals surface area contributed by atoms with E-state index in [4.69, 9.17) is 4.74 Å². The van der Waals surface area contributed by atoms with Gasteiger partial charge in [0.05, 0.1) is 6.61 Å². The molecule has 2 aliphatic carbocycles. The summed E-state index contributed by atoms with van der Waals surface area (Å²) in [7, 11) is 0. The van der Waals surface area contributed by atoms with E-state index in [9.17, 15) is 4.79 Å². The Balaban J connectivity index is 2.18. The zero-order valence-electron chi connectivity index (χ0n) is 11.1. The van der Waals surface area contributed by atoms with Crippen LogP contribution >= 0.6 is 0 Å². The Morgan fingerprint density at radius 2 is 2.06 bits per heavy atom. The van der Waals surface area contributed by atoms with E-state index in [2.05, 4.69) is 26.8 Å². The van der Waals surface area contributed by atoms with E-state index >= 15 is 0 Å². The summed E-state index contributed by atoms with van der Waals surface area (Å²) in [5.41, 5.74) is 2.10. The minimum Gasteiger partial charge on any atom is -0.497 e. The van der Waals surface area contributed by atoms with Gasteiger partial charge in [0.1, 0.15) is 5.76 Å². The Labute approximate surface area is 103 Å². The fourth-order valence-corrected chi connectivity index (χ4v) is 3.84. The molecule has 1 heterocycles. The van der Waals surface area contributed by atoms with Crippen LogP contribution < -0.4 is 0 Å². The first-order chi connectivity index (χ1) is 7.85. The smallest absolute Gasteiger partial charge is 0.188 e. The second kappa shape index (κ2) is 3.04. The Hall–Kier alpha value is -1.05. The summed E-state index contributed by atoms with van der Waals surface area (Å²) in [6.45, 7) is 9.40. The summed E-state index contributed by atoms with van der Waals surface area (Å²) in [5, 5.41) is 0. The number of carbonyl (C=O) groups is 1. The van der Waals surface area contributed by atoms with Crippen molar-refractivity contribution in [2.24, 2.45) is 16.7 Å². The zero-order chi connectivity index (χ0) is 12.4. The maximum atomic E-state index is 12.4. The highest BCUT2D eigenvalue weighted by molar-refractivity contribution is 6.10. The summed E-state index contributed by atoms with van der Waals surface area (Å²) in [6, 6.07) is 0. The predicted molar refractivity (Wildman–Crippen MR) is 66.4 cm³/mol. The van der Waals surface area contributed by atoms with Gasteiger partial charge in [-0.25, -0.2) is 0 Å². The quantitative estimate of drug-likeness (QED) is 0.641. The van der Waals surface area contributed by atoms with Crippen molar-refractivity contribution < 1.29 is 9.53 Å². The van der Waals surface area contributed by atoms with Gasteiger partial charge in [0.25, 0.3) is 0 Å². The zero-order valence-corrected chi connectivity index (χ0v) is 11.1. The lowest BCUT2D eigenvalue weighted by Gasteiger charge is -2.37. The second-order valence-corrected chi connectivity index (χ2v) is 6.64. The number of rotatable bonds is 0. The fraction of sp³-hybridized carbons (Fsp3) is 0.667. The Kier molecular flexibility index (Phi) is 1.98. The molecule has 92 valence electrons. The van der Waals surface area contributed by atoms with Crippen LogP contribution in [0, 0.1) is 16.7 Å². The molecule has 3 aliphatic rings. The van der Waals surface area contributed by atoms with Gasteiger partial charge in [-0.05, 0) is 25.2 Å². The van der Waals surface area contributed by atoms with E-state index < -0.39 is 0 Å². The number of carbonyl (C=O) groups excluding carboxylic acids is 1. The number of hydrogen-bond acceptors (Lipinski definition) is 2. The van der Waals surface area contributed by atoms with Crippen LogP contribution in [0.15, 0.2) is 23.0 Å². The van der Waals surface area contributed by atoms with Crippen LogP contribution in [0.3, 0.4) is 0 Å². The molecular formula is C15H20O2. The molecule has 0 bridgehead atoms. The van der Waals surface area contributed by atoms with Crippen molar-refractivity contribution in [3.8, 4) is 0 Å². The molecule has 2 nitrogen and oxygen atoms in total. The third kappa shape index (κ3) is 1.30. The predicted octanol–water partition coefficient (Wildman–Crippen LogP) is 3.24. The summed E-state index contributed by atoms with van der Waals surface area (Å²) < 4.78 is 5.75. The van der Waals surface area contributed by atoms with Gasteiger partial charge in [-0.3, -0.25) is 4.79 Å². The normalized spacial score (nSPS) is 38.7. The number of hydrogen-bond donors (Lipinski definition) is 0. The lowest BCUT2D eigenvalue weighted by Crippen LogP contribution is -2.35. The number of Topliss-reactive ketones (excluding diaryl/α,β-unsaturated/α-hetero) is 1. The standard InChI is InChI=1S/C15H20O2/c1-9-12(16)10-7-14(2,3)8-11(10)15(4)5-6-17-13(9)15/h7,11H,5-6,8H2,1-4H3/t11-,15+/m0/s1. The van der Waals surface area contributed by atoms with Crippen molar-refractivity contribution in [1.82, 2.24) is 0 Å². The van der Waals surface area contributed by atoms with Crippen molar-refractivity contribution in [2.45, 2.75) is 40.5 Å². The van der Waals surface area contributed by atoms with Crippen LogP contribution in [0.2, 0.25) is 0 Å². The van der Waals surface area contributed by atoms with Crippen LogP contribution in [0.4, 0.5) is 0 Å². The van der Waals surface area contributed by atoms with E-state index in [0.717, 1.165) is 36.4 Å². The minimum atomic E-state index is 0.0671.